The molecule has 102 valence electrons. The molecule has 1 aromatic rings. The van der Waals surface area contributed by atoms with Crippen molar-refractivity contribution in [2.75, 3.05) is 26.6 Å². The van der Waals surface area contributed by atoms with Gasteiger partial charge in [-0.25, -0.2) is 0 Å². The standard InChI is InChI=1S/C13H16N2O3S/c1-16-9-10-5-3-4-6-11(10)12(14-17-2)13-15-18-7-8-19-13/h3-6H,7-9H2,1-2H3/b14-12+. The fraction of sp³-hybridized carbons (Fsp3) is 0.385. The molecule has 1 heterocycles. The Hall–Kier alpha value is -1.53. The number of rotatable bonds is 5. The van der Waals surface area contributed by atoms with Crippen LogP contribution in [0.4, 0.5) is 0 Å². The first kappa shape index (κ1) is 13.9. The lowest BCUT2D eigenvalue weighted by molar-refractivity contribution is 0.160. The summed E-state index contributed by atoms with van der Waals surface area (Å²) in [5.41, 5.74) is 2.66. The Morgan fingerprint density at radius 3 is 2.95 bits per heavy atom. The largest absolute Gasteiger partial charge is 0.399 e. The number of hydrogen-bond donors (Lipinski definition) is 0. The maximum atomic E-state index is 5.21. The van der Waals surface area contributed by atoms with Crippen LogP contribution in [0.5, 0.6) is 0 Å². The number of ether oxygens (including phenoxy) is 1. The minimum absolute atomic E-state index is 0.512. The van der Waals surface area contributed by atoms with Gasteiger partial charge in [0.1, 0.15) is 19.4 Å². The molecule has 0 radical (unpaired) electrons. The summed E-state index contributed by atoms with van der Waals surface area (Å²) < 4.78 is 5.21. The summed E-state index contributed by atoms with van der Waals surface area (Å²) >= 11 is 1.61. The normalized spacial score (nSPS) is 15.7. The highest BCUT2D eigenvalue weighted by Crippen LogP contribution is 2.19. The van der Waals surface area contributed by atoms with Crippen LogP contribution in [0.1, 0.15) is 11.1 Å². The fourth-order valence-corrected chi connectivity index (χ4v) is 2.49. The molecular formula is C13H16N2O3S. The van der Waals surface area contributed by atoms with Crippen LogP contribution >= 0.6 is 11.8 Å². The monoisotopic (exact) mass is 280 g/mol. The molecule has 1 aliphatic rings. The van der Waals surface area contributed by atoms with Crippen LogP contribution in [0.2, 0.25) is 0 Å². The quantitative estimate of drug-likeness (QED) is 0.613. The molecule has 0 saturated carbocycles. The Morgan fingerprint density at radius 2 is 2.26 bits per heavy atom. The summed E-state index contributed by atoms with van der Waals surface area (Å²) in [6, 6.07) is 7.89. The van der Waals surface area contributed by atoms with Crippen LogP contribution in [-0.2, 0) is 21.0 Å². The number of thioether (sulfide) groups is 1. The van der Waals surface area contributed by atoms with E-state index in [4.69, 9.17) is 14.4 Å². The Kier molecular flexibility index (Phi) is 5.23. The molecule has 0 saturated heterocycles. The predicted octanol–water partition coefficient (Wildman–Crippen LogP) is 2.26. The van der Waals surface area contributed by atoms with Gasteiger partial charge in [-0.15, -0.1) is 0 Å². The van der Waals surface area contributed by atoms with E-state index in [1.807, 2.05) is 24.3 Å². The highest BCUT2D eigenvalue weighted by Gasteiger charge is 2.20. The van der Waals surface area contributed by atoms with Gasteiger partial charge in [-0.3, -0.25) is 0 Å². The van der Waals surface area contributed by atoms with Gasteiger partial charge in [-0.05, 0) is 5.56 Å². The zero-order valence-electron chi connectivity index (χ0n) is 11.0. The molecule has 0 aromatic heterocycles. The van der Waals surface area contributed by atoms with Gasteiger partial charge in [0.05, 0.1) is 6.61 Å². The van der Waals surface area contributed by atoms with Gasteiger partial charge < -0.3 is 14.4 Å². The lowest BCUT2D eigenvalue weighted by Gasteiger charge is -2.15. The number of hydrogen-bond acceptors (Lipinski definition) is 6. The number of methoxy groups -OCH3 is 1. The van der Waals surface area contributed by atoms with E-state index < -0.39 is 0 Å². The molecule has 2 rings (SSSR count). The van der Waals surface area contributed by atoms with E-state index in [9.17, 15) is 0 Å². The van der Waals surface area contributed by atoms with E-state index in [2.05, 4.69) is 10.3 Å². The summed E-state index contributed by atoms with van der Waals surface area (Å²) in [6.07, 6.45) is 0. The van der Waals surface area contributed by atoms with Gasteiger partial charge in [0.15, 0.2) is 5.04 Å². The minimum atomic E-state index is 0.512. The van der Waals surface area contributed by atoms with Crippen LogP contribution in [0, 0.1) is 0 Å². The van der Waals surface area contributed by atoms with Gasteiger partial charge in [0.2, 0.25) is 0 Å². The third-order valence-corrected chi connectivity index (χ3v) is 3.43. The zero-order valence-corrected chi connectivity index (χ0v) is 11.8. The lowest BCUT2D eigenvalue weighted by Crippen LogP contribution is -2.19. The highest BCUT2D eigenvalue weighted by molar-refractivity contribution is 8.15. The van der Waals surface area contributed by atoms with Gasteiger partial charge in [-0.2, -0.15) is 0 Å². The molecule has 0 unspecified atom stereocenters. The Bertz CT molecular complexity index is 489. The topological polar surface area (TPSA) is 52.4 Å². The minimum Gasteiger partial charge on any atom is -0.399 e. The molecular weight excluding hydrogens is 264 g/mol. The van der Waals surface area contributed by atoms with Crippen molar-refractivity contribution in [1.29, 1.82) is 0 Å². The van der Waals surface area contributed by atoms with Crippen LogP contribution in [0.25, 0.3) is 0 Å². The van der Waals surface area contributed by atoms with Crippen molar-refractivity contribution >= 4 is 22.5 Å². The highest BCUT2D eigenvalue weighted by atomic mass is 32.2. The zero-order chi connectivity index (χ0) is 13.5. The summed E-state index contributed by atoms with van der Waals surface area (Å²) in [5, 5.41) is 8.88. The van der Waals surface area contributed by atoms with Crippen LogP contribution in [-0.4, -0.2) is 37.3 Å². The van der Waals surface area contributed by atoms with E-state index in [0.29, 0.717) is 18.9 Å². The summed E-state index contributed by atoms with van der Waals surface area (Å²) in [6.45, 7) is 1.13. The number of oxime groups is 2. The molecule has 1 aliphatic heterocycles. The average Bonchev–Trinajstić information content (AvgIpc) is 2.47. The van der Waals surface area contributed by atoms with Gasteiger partial charge in [0, 0.05) is 18.4 Å². The maximum Gasteiger partial charge on any atom is 0.165 e. The average molecular weight is 280 g/mol. The fourth-order valence-electron chi connectivity index (χ4n) is 1.75. The van der Waals surface area contributed by atoms with Gasteiger partial charge in [0.25, 0.3) is 0 Å². The van der Waals surface area contributed by atoms with Crippen LogP contribution in [0.15, 0.2) is 34.6 Å². The maximum absolute atomic E-state index is 5.21. The third kappa shape index (κ3) is 3.48. The van der Waals surface area contributed by atoms with Crippen molar-refractivity contribution in [3.63, 3.8) is 0 Å². The molecule has 0 aliphatic carbocycles. The lowest BCUT2D eigenvalue weighted by atomic mass is 10.0. The molecule has 0 atom stereocenters. The van der Waals surface area contributed by atoms with Gasteiger partial charge >= 0.3 is 0 Å². The first-order chi connectivity index (χ1) is 9.36. The SMILES string of the molecule is COCc1ccccc1/C(=N\OC)C1=NOCCS1. The first-order valence-corrected chi connectivity index (χ1v) is 6.87. The van der Waals surface area contributed by atoms with Crippen LogP contribution < -0.4 is 0 Å². The molecule has 19 heavy (non-hydrogen) atoms. The Labute approximate surface area is 116 Å². The first-order valence-electron chi connectivity index (χ1n) is 5.88. The van der Waals surface area contributed by atoms with Crippen molar-refractivity contribution < 1.29 is 14.4 Å². The second-order valence-electron chi connectivity index (χ2n) is 3.79. The third-order valence-electron chi connectivity index (χ3n) is 2.52. The van der Waals surface area contributed by atoms with E-state index in [-0.39, 0.29) is 0 Å². The van der Waals surface area contributed by atoms with E-state index in [0.717, 1.165) is 21.9 Å². The molecule has 0 fully saturated rings. The molecule has 0 bridgehead atoms. The van der Waals surface area contributed by atoms with Crippen LogP contribution in [0.3, 0.4) is 0 Å². The van der Waals surface area contributed by atoms with Crippen molar-refractivity contribution in [1.82, 2.24) is 0 Å². The smallest absolute Gasteiger partial charge is 0.165 e. The summed E-state index contributed by atoms with van der Waals surface area (Å²) in [4.78, 5) is 10.1. The van der Waals surface area contributed by atoms with Crippen molar-refractivity contribution in [2.45, 2.75) is 6.61 Å². The Morgan fingerprint density at radius 1 is 1.42 bits per heavy atom. The summed E-state index contributed by atoms with van der Waals surface area (Å²) in [7, 11) is 3.19. The van der Waals surface area contributed by atoms with Crippen molar-refractivity contribution in [3.05, 3.63) is 35.4 Å². The van der Waals surface area contributed by atoms with E-state index in [1.165, 1.54) is 7.11 Å². The van der Waals surface area contributed by atoms with Crippen molar-refractivity contribution in [3.8, 4) is 0 Å². The predicted molar refractivity (Wildman–Crippen MR) is 76.5 cm³/mol. The second kappa shape index (κ2) is 7.16. The second-order valence-corrected chi connectivity index (χ2v) is 4.87. The van der Waals surface area contributed by atoms with E-state index in [1.54, 1.807) is 18.9 Å². The van der Waals surface area contributed by atoms with Crippen molar-refractivity contribution in [2.24, 2.45) is 10.3 Å². The molecule has 0 spiro atoms. The Balaban J connectivity index is 2.39. The molecule has 0 N–H and O–H groups in total. The molecule has 5 nitrogen and oxygen atoms in total. The van der Waals surface area contributed by atoms with Gasteiger partial charge in [-0.1, -0.05) is 46.3 Å². The summed E-state index contributed by atoms with van der Waals surface area (Å²) in [5.74, 6) is 0.855. The molecule has 1 aromatic carbocycles. The molecule has 6 heteroatoms. The number of nitrogens with zero attached hydrogens (tertiary/aromatic N) is 2. The van der Waals surface area contributed by atoms with E-state index >= 15 is 0 Å². The number of benzene rings is 1. The molecule has 0 amide bonds.